The van der Waals surface area contributed by atoms with Crippen LogP contribution in [0.25, 0.3) is 11.1 Å². The van der Waals surface area contributed by atoms with Crippen LogP contribution in [-0.2, 0) is 4.74 Å². The van der Waals surface area contributed by atoms with Crippen LogP contribution in [0, 0.1) is 5.92 Å². The molecule has 8 nitrogen and oxygen atoms in total. The molecule has 2 fully saturated rings. The van der Waals surface area contributed by atoms with Crippen molar-refractivity contribution in [2.45, 2.75) is 31.4 Å². The van der Waals surface area contributed by atoms with E-state index >= 15 is 0 Å². The van der Waals surface area contributed by atoms with E-state index in [4.69, 9.17) is 9.47 Å². The molecule has 1 aliphatic carbocycles. The second kappa shape index (κ2) is 9.92. The molecule has 2 aliphatic rings. The van der Waals surface area contributed by atoms with Crippen LogP contribution >= 0.6 is 0 Å². The number of amides is 2. The summed E-state index contributed by atoms with van der Waals surface area (Å²) in [5.41, 5.74) is 3.82. The predicted molar refractivity (Wildman–Crippen MR) is 131 cm³/mol. The molecule has 2 N–H and O–H groups in total. The average Bonchev–Trinajstić information content (AvgIpc) is 3.38. The van der Waals surface area contributed by atoms with Crippen molar-refractivity contribution in [2.24, 2.45) is 5.92 Å². The third-order valence-corrected chi connectivity index (χ3v) is 6.90. The molecule has 5 rings (SSSR count). The van der Waals surface area contributed by atoms with Gasteiger partial charge in [-0.25, -0.2) is 0 Å². The Bertz CT molecular complexity index is 1210. The van der Waals surface area contributed by atoms with Crippen molar-refractivity contribution in [3.05, 3.63) is 71.5 Å². The smallest absolute Gasteiger partial charge is 0.254 e. The van der Waals surface area contributed by atoms with E-state index in [1.165, 1.54) is 12.8 Å². The maximum Gasteiger partial charge on any atom is 0.254 e. The lowest BCUT2D eigenvalue weighted by molar-refractivity contribution is 0.0687. The lowest BCUT2D eigenvalue weighted by Crippen LogP contribution is -2.32. The molecule has 1 saturated carbocycles. The number of likely N-dealkylation sites (tertiary alicyclic amines) is 1. The molecule has 1 saturated heterocycles. The summed E-state index contributed by atoms with van der Waals surface area (Å²) in [4.78, 5) is 28.2. The van der Waals surface area contributed by atoms with Crippen LogP contribution in [0.15, 0.2) is 54.9 Å². The summed E-state index contributed by atoms with van der Waals surface area (Å²) in [6, 6.07) is 12.8. The average molecular weight is 475 g/mol. The normalized spacial score (nSPS) is 19.5. The van der Waals surface area contributed by atoms with E-state index in [-0.39, 0.29) is 24.0 Å². The molecule has 2 heterocycles. The molecule has 2 amide bonds. The maximum atomic E-state index is 13.7. The number of benzene rings is 2. The molecular weight excluding hydrogens is 444 g/mol. The fourth-order valence-electron chi connectivity index (χ4n) is 4.68. The van der Waals surface area contributed by atoms with Gasteiger partial charge in [-0.2, -0.15) is 5.10 Å². The zero-order valence-corrected chi connectivity index (χ0v) is 20.0. The highest BCUT2D eigenvalue weighted by atomic mass is 16.5. The summed E-state index contributed by atoms with van der Waals surface area (Å²) < 4.78 is 11.2. The number of aromatic amines is 1. The first-order chi connectivity index (χ1) is 17.1. The second-order valence-electron chi connectivity index (χ2n) is 9.25. The summed E-state index contributed by atoms with van der Waals surface area (Å²) in [5.74, 6) is 1.04. The molecule has 3 aromatic rings. The Balaban J connectivity index is 1.40. The van der Waals surface area contributed by atoms with Crippen molar-refractivity contribution >= 4 is 11.8 Å². The summed E-state index contributed by atoms with van der Waals surface area (Å²) in [6.07, 6.45) is 6.46. The minimum absolute atomic E-state index is 0.0718. The minimum atomic E-state index is -0.192. The molecule has 2 atom stereocenters. The third kappa shape index (κ3) is 4.93. The number of nitrogens with one attached hydrogen (secondary N) is 2. The Morgan fingerprint density at radius 3 is 2.71 bits per heavy atom. The number of aromatic nitrogens is 2. The number of rotatable bonds is 8. The van der Waals surface area contributed by atoms with Crippen LogP contribution in [0.4, 0.5) is 0 Å². The SMILES string of the molecule is COc1cc(C(=O)N2CC(OC)CC2c2cccc(C(=O)NCC3CC3)c2)ccc1-c1cn[nH]c1. The Labute approximate surface area is 204 Å². The van der Waals surface area contributed by atoms with Crippen molar-refractivity contribution in [1.82, 2.24) is 20.4 Å². The van der Waals surface area contributed by atoms with Crippen molar-refractivity contribution < 1.29 is 19.1 Å². The first-order valence-electron chi connectivity index (χ1n) is 12.0. The van der Waals surface area contributed by atoms with Gasteiger partial charge in [0.15, 0.2) is 0 Å². The largest absolute Gasteiger partial charge is 0.496 e. The van der Waals surface area contributed by atoms with Crippen LogP contribution < -0.4 is 10.1 Å². The summed E-state index contributed by atoms with van der Waals surface area (Å²) in [6.45, 7) is 1.20. The molecule has 1 aromatic heterocycles. The summed E-state index contributed by atoms with van der Waals surface area (Å²) >= 11 is 0. The Morgan fingerprint density at radius 1 is 1.14 bits per heavy atom. The lowest BCUT2D eigenvalue weighted by atomic mass is 10.00. The quantitative estimate of drug-likeness (QED) is 0.517. The van der Waals surface area contributed by atoms with Crippen molar-refractivity contribution in [3.63, 3.8) is 0 Å². The van der Waals surface area contributed by atoms with Gasteiger partial charge < -0.3 is 19.7 Å². The number of H-pyrrole nitrogens is 1. The summed E-state index contributed by atoms with van der Waals surface area (Å²) in [7, 11) is 3.26. The van der Waals surface area contributed by atoms with Crippen LogP contribution in [-0.4, -0.2) is 60.3 Å². The van der Waals surface area contributed by atoms with Gasteiger partial charge in [0.05, 0.1) is 25.5 Å². The van der Waals surface area contributed by atoms with Crippen LogP contribution in [0.3, 0.4) is 0 Å². The summed E-state index contributed by atoms with van der Waals surface area (Å²) in [5, 5.41) is 9.83. The van der Waals surface area contributed by atoms with Crippen LogP contribution in [0.1, 0.15) is 51.6 Å². The van der Waals surface area contributed by atoms with Gasteiger partial charge in [-0.3, -0.25) is 14.7 Å². The maximum absolute atomic E-state index is 13.7. The van der Waals surface area contributed by atoms with Gasteiger partial charge in [-0.05, 0) is 61.1 Å². The van der Waals surface area contributed by atoms with Crippen LogP contribution in [0.2, 0.25) is 0 Å². The Hall–Kier alpha value is -3.65. The lowest BCUT2D eigenvalue weighted by Gasteiger charge is -2.25. The van der Waals surface area contributed by atoms with E-state index in [1.807, 2.05) is 41.3 Å². The number of carbonyl (C=O) groups is 2. The molecule has 2 unspecified atom stereocenters. The zero-order chi connectivity index (χ0) is 24.4. The van der Waals surface area contributed by atoms with E-state index in [0.717, 1.165) is 23.2 Å². The fourth-order valence-corrected chi connectivity index (χ4v) is 4.68. The second-order valence-corrected chi connectivity index (χ2v) is 9.25. The monoisotopic (exact) mass is 474 g/mol. The number of methoxy groups -OCH3 is 2. The highest BCUT2D eigenvalue weighted by Crippen LogP contribution is 2.37. The van der Waals surface area contributed by atoms with E-state index in [2.05, 4.69) is 15.5 Å². The molecule has 35 heavy (non-hydrogen) atoms. The van der Waals surface area contributed by atoms with E-state index < -0.39 is 0 Å². The highest BCUT2D eigenvalue weighted by molar-refractivity contribution is 5.96. The molecule has 182 valence electrons. The van der Waals surface area contributed by atoms with Gasteiger partial charge >= 0.3 is 0 Å². The third-order valence-electron chi connectivity index (χ3n) is 6.90. The van der Waals surface area contributed by atoms with Gasteiger partial charge in [0.1, 0.15) is 5.75 Å². The topological polar surface area (TPSA) is 96.5 Å². The zero-order valence-electron chi connectivity index (χ0n) is 20.0. The van der Waals surface area contributed by atoms with Gasteiger partial charge in [-0.15, -0.1) is 0 Å². The van der Waals surface area contributed by atoms with Crippen molar-refractivity contribution in [1.29, 1.82) is 0 Å². The van der Waals surface area contributed by atoms with E-state index in [0.29, 0.717) is 35.8 Å². The van der Waals surface area contributed by atoms with Gasteiger partial charge in [0.2, 0.25) is 0 Å². The van der Waals surface area contributed by atoms with Gasteiger partial charge in [0.25, 0.3) is 11.8 Å². The van der Waals surface area contributed by atoms with E-state index in [9.17, 15) is 9.59 Å². The molecule has 2 aromatic carbocycles. The van der Waals surface area contributed by atoms with Crippen molar-refractivity contribution in [2.75, 3.05) is 27.3 Å². The van der Waals surface area contributed by atoms with Crippen LogP contribution in [0.5, 0.6) is 5.75 Å². The van der Waals surface area contributed by atoms with Gasteiger partial charge in [-0.1, -0.05) is 12.1 Å². The van der Waals surface area contributed by atoms with Crippen molar-refractivity contribution in [3.8, 4) is 16.9 Å². The number of ether oxygens (including phenoxy) is 2. The number of hydrogen-bond donors (Lipinski definition) is 2. The molecule has 8 heteroatoms. The number of hydrogen-bond acceptors (Lipinski definition) is 5. The standard InChI is InChI=1S/C27H30N4O4/c1-34-22-12-24(18-4-3-5-19(10-18)26(32)28-13-17-6-7-17)31(16-22)27(33)20-8-9-23(25(11-20)35-2)21-14-29-30-15-21/h3-5,8-11,14-15,17,22,24H,6-7,12-13,16H2,1-2H3,(H,28,32)(H,29,30). The first-order valence-corrected chi connectivity index (χ1v) is 12.0. The molecule has 0 bridgehead atoms. The first kappa shape index (κ1) is 23.1. The highest BCUT2D eigenvalue weighted by Gasteiger charge is 2.37. The Kier molecular flexibility index (Phi) is 6.55. The molecular formula is C27H30N4O4. The fraction of sp³-hybridized carbons (Fsp3) is 0.370. The molecule has 1 aliphatic heterocycles. The number of carbonyl (C=O) groups excluding carboxylic acids is 2. The Morgan fingerprint density at radius 2 is 2.00 bits per heavy atom. The molecule has 0 spiro atoms. The van der Waals surface area contributed by atoms with Gasteiger partial charge in [0, 0.05) is 48.6 Å². The van der Waals surface area contributed by atoms with E-state index in [1.54, 1.807) is 32.7 Å². The predicted octanol–water partition coefficient (Wildman–Crippen LogP) is 3.83. The minimum Gasteiger partial charge on any atom is -0.496 e. The molecule has 0 radical (unpaired) electrons. The number of nitrogens with zero attached hydrogens (tertiary/aromatic N) is 2.